The Bertz CT molecular complexity index is 1110. The predicted octanol–water partition coefficient (Wildman–Crippen LogP) is 4.38. The van der Waals surface area contributed by atoms with Gasteiger partial charge in [-0.25, -0.2) is 8.42 Å². The quantitative estimate of drug-likeness (QED) is 0.479. The number of carbonyl (C=O) groups is 1. The average Bonchev–Trinajstić information content (AvgIpc) is 3.37. The molecule has 0 bridgehead atoms. The van der Waals surface area contributed by atoms with E-state index in [0.29, 0.717) is 5.56 Å². The van der Waals surface area contributed by atoms with Crippen molar-refractivity contribution in [2.45, 2.75) is 30.3 Å². The summed E-state index contributed by atoms with van der Waals surface area (Å²) in [6.45, 7) is 3.62. The second-order valence-electron chi connectivity index (χ2n) is 7.27. The zero-order valence-corrected chi connectivity index (χ0v) is 16.6. The van der Waals surface area contributed by atoms with Crippen LogP contribution in [0.3, 0.4) is 0 Å². The van der Waals surface area contributed by atoms with Gasteiger partial charge >= 0.3 is 0 Å². The number of Topliss-reactive ketones (excluding diaryl/α,β-unsaturated/α-hetero) is 1. The number of nitrogens with zero attached hydrogens (tertiary/aromatic N) is 1. The third kappa shape index (κ3) is 2.87. The molecular weight excluding hydrogens is 370 g/mol. The Morgan fingerprint density at radius 3 is 1.96 bits per heavy atom. The summed E-state index contributed by atoms with van der Waals surface area (Å²) in [5, 5.41) is 0. The van der Waals surface area contributed by atoms with Crippen molar-refractivity contribution in [3.63, 3.8) is 0 Å². The number of hydrogen-bond donors (Lipinski definition) is 0. The highest BCUT2D eigenvalue weighted by Gasteiger charge is 2.70. The summed E-state index contributed by atoms with van der Waals surface area (Å²) < 4.78 is 28.2. The van der Waals surface area contributed by atoms with Crippen molar-refractivity contribution >= 4 is 15.8 Å². The first-order chi connectivity index (χ1) is 13.4. The standard InChI is InChI=1S/C23H21NO3S/c1-17-13-15-20(16-14-17)28(26,27)24-21(18-9-5-3-6-10-18)23(24,2)22(25)19-11-7-4-8-12-19/h3-16,21H,1-2H3. The smallest absolute Gasteiger partial charge is 0.244 e. The minimum absolute atomic E-state index is 0.197. The van der Waals surface area contributed by atoms with Crippen LogP contribution < -0.4 is 0 Å². The van der Waals surface area contributed by atoms with Crippen LogP contribution in [0.5, 0.6) is 0 Å². The molecule has 28 heavy (non-hydrogen) atoms. The van der Waals surface area contributed by atoms with Crippen LogP contribution in [0.4, 0.5) is 0 Å². The highest BCUT2D eigenvalue weighted by Crippen LogP contribution is 2.57. The van der Waals surface area contributed by atoms with Gasteiger partial charge in [0.2, 0.25) is 10.0 Å². The lowest BCUT2D eigenvalue weighted by atomic mass is 9.92. The molecule has 0 spiro atoms. The molecule has 0 amide bonds. The third-order valence-electron chi connectivity index (χ3n) is 5.35. The molecule has 0 saturated carbocycles. The van der Waals surface area contributed by atoms with E-state index < -0.39 is 21.6 Å². The highest BCUT2D eigenvalue weighted by molar-refractivity contribution is 7.89. The van der Waals surface area contributed by atoms with E-state index in [4.69, 9.17) is 0 Å². The molecule has 5 heteroatoms. The SMILES string of the molecule is Cc1ccc(S(=O)(=O)N2C(c3ccccc3)C2(C)C(=O)c2ccccc2)cc1. The van der Waals surface area contributed by atoms with Gasteiger partial charge < -0.3 is 0 Å². The summed E-state index contributed by atoms with van der Waals surface area (Å²) >= 11 is 0. The van der Waals surface area contributed by atoms with Gasteiger partial charge in [-0.2, -0.15) is 4.31 Å². The van der Waals surface area contributed by atoms with Gasteiger partial charge in [0.05, 0.1) is 10.9 Å². The molecule has 0 N–H and O–H groups in total. The normalized spacial score (nSPS) is 23.9. The zero-order valence-electron chi connectivity index (χ0n) is 15.7. The van der Waals surface area contributed by atoms with Gasteiger partial charge in [-0.15, -0.1) is 0 Å². The van der Waals surface area contributed by atoms with Crippen molar-refractivity contribution in [3.8, 4) is 0 Å². The molecule has 0 aliphatic carbocycles. The van der Waals surface area contributed by atoms with Crippen molar-refractivity contribution in [1.29, 1.82) is 0 Å². The lowest BCUT2D eigenvalue weighted by molar-refractivity contribution is 0.0937. The lowest BCUT2D eigenvalue weighted by Crippen LogP contribution is -2.29. The van der Waals surface area contributed by atoms with Crippen LogP contribution in [-0.2, 0) is 10.0 Å². The van der Waals surface area contributed by atoms with E-state index in [0.717, 1.165) is 11.1 Å². The van der Waals surface area contributed by atoms with E-state index in [1.807, 2.05) is 43.3 Å². The lowest BCUT2D eigenvalue weighted by Gasteiger charge is -2.12. The fourth-order valence-electron chi connectivity index (χ4n) is 3.77. The molecule has 3 aromatic rings. The summed E-state index contributed by atoms with van der Waals surface area (Å²) in [4.78, 5) is 13.5. The maximum absolute atomic E-state index is 13.4. The fraction of sp³-hybridized carbons (Fsp3) is 0.174. The van der Waals surface area contributed by atoms with E-state index in [1.165, 1.54) is 4.31 Å². The number of sulfonamides is 1. The Morgan fingerprint density at radius 1 is 0.857 bits per heavy atom. The van der Waals surface area contributed by atoms with Gasteiger partial charge in [-0.05, 0) is 31.5 Å². The van der Waals surface area contributed by atoms with Gasteiger partial charge in [-0.3, -0.25) is 4.79 Å². The molecular formula is C23H21NO3S. The molecule has 4 nitrogen and oxygen atoms in total. The molecule has 4 rings (SSSR count). The number of ketones is 1. The maximum Gasteiger partial charge on any atom is 0.244 e. The Hall–Kier alpha value is -2.76. The third-order valence-corrected chi connectivity index (χ3v) is 7.32. The van der Waals surface area contributed by atoms with Crippen LogP contribution in [0.2, 0.25) is 0 Å². The molecule has 1 heterocycles. The van der Waals surface area contributed by atoms with Crippen molar-refractivity contribution in [2.75, 3.05) is 0 Å². The van der Waals surface area contributed by atoms with E-state index in [-0.39, 0.29) is 10.7 Å². The Morgan fingerprint density at radius 2 is 1.39 bits per heavy atom. The van der Waals surface area contributed by atoms with Gasteiger partial charge in [0.1, 0.15) is 5.54 Å². The van der Waals surface area contributed by atoms with Crippen molar-refractivity contribution < 1.29 is 13.2 Å². The zero-order chi connectivity index (χ0) is 19.9. The second-order valence-corrected chi connectivity index (χ2v) is 9.08. The number of carbonyl (C=O) groups excluding carboxylic acids is 1. The number of benzene rings is 3. The molecule has 3 atom stereocenters. The molecule has 0 aromatic heterocycles. The summed E-state index contributed by atoms with van der Waals surface area (Å²) in [6.07, 6.45) is 0. The van der Waals surface area contributed by atoms with Crippen LogP contribution in [0.1, 0.15) is 34.5 Å². The number of hydrogen-bond acceptors (Lipinski definition) is 3. The van der Waals surface area contributed by atoms with Gasteiger partial charge in [0.25, 0.3) is 0 Å². The van der Waals surface area contributed by atoms with Gasteiger partial charge in [0.15, 0.2) is 5.78 Å². The van der Waals surface area contributed by atoms with Crippen molar-refractivity contribution in [2.24, 2.45) is 0 Å². The molecule has 1 saturated heterocycles. The topological polar surface area (TPSA) is 54.2 Å². The summed E-state index contributed by atoms with van der Waals surface area (Å²) in [5.41, 5.74) is 1.14. The van der Waals surface area contributed by atoms with E-state index in [9.17, 15) is 13.2 Å². The van der Waals surface area contributed by atoms with Gasteiger partial charge in [0, 0.05) is 5.56 Å². The first-order valence-corrected chi connectivity index (χ1v) is 10.6. The first kappa shape index (κ1) is 18.6. The maximum atomic E-state index is 13.4. The summed E-state index contributed by atoms with van der Waals surface area (Å²) in [6, 6.07) is 24.4. The van der Waals surface area contributed by atoms with Crippen LogP contribution in [0, 0.1) is 6.92 Å². The Balaban J connectivity index is 1.82. The Labute approximate surface area is 165 Å². The molecule has 142 valence electrons. The number of rotatable bonds is 5. The van der Waals surface area contributed by atoms with Crippen LogP contribution in [0.25, 0.3) is 0 Å². The molecule has 0 radical (unpaired) electrons. The van der Waals surface area contributed by atoms with E-state index >= 15 is 0 Å². The molecule has 1 aliphatic heterocycles. The van der Waals surface area contributed by atoms with E-state index in [2.05, 4.69) is 0 Å². The van der Waals surface area contributed by atoms with Crippen molar-refractivity contribution in [3.05, 3.63) is 102 Å². The largest absolute Gasteiger partial charge is 0.292 e. The van der Waals surface area contributed by atoms with E-state index in [1.54, 1.807) is 55.5 Å². The predicted molar refractivity (Wildman–Crippen MR) is 109 cm³/mol. The summed E-state index contributed by atoms with van der Waals surface area (Å²) in [5.74, 6) is -0.197. The minimum atomic E-state index is -3.83. The van der Waals surface area contributed by atoms with Crippen LogP contribution in [-0.4, -0.2) is 24.0 Å². The molecule has 1 aliphatic rings. The summed E-state index contributed by atoms with van der Waals surface area (Å²) in [7, 11) is -3.83. The monoisotopic (exact) mass is 391 g/mol. The minimum Gasteiger partial charge on any atom is -0.292 e. The van der Waals surface area contributed by atoms with Crippen LogP contribution in [0.15, 0.2) is 89.8 Å². The van der Waals surface area contributed by atoms with Crippen molar-refractivity contribution in [1.82, 2.24) is 4.31 Å². The highest BCUT2D eigenvalue weighted by atomic mass is 32.2. The number of aryl methyl sites for hydroxylation is 1. The second kappa shape index (κ2) is 6.69. The first-order valence-electron chi connectivity index (χ1n) is 9.13. The molecule has 3 aromatic carbocycles. The fourth-order valence-corrected chi connectivity index (χ4v) is 5.72. The Kier molecular flexibility index (Phi) is 4.44. The van der Waals surface area contributed by atoms with Gasteiger partial charge in [-0.1, -0.05) is 78.4 Å². The van der Waals surface area contributed by atoms with Crippen LogP contribution >= 0.6 is 0 Å². The molecule has 3 unspecified atom stereocenters. The molecule has 1 fully saturated rings. The average molecular weight is 391 g/mol.